The molecule has 230 valence electrons. The van der Waals surface area contributed by atoms with Crippen molar-refractivity contribution in [1.82, 2.24) is 19.9 Å². The van der Waals surface area contributed by atoms with Crippen LogP contribution in [0.1, 0.15) is 64.6 Å². The quantitative estimate of drug-likeness (QED) is 0.136. The highest BCUT2D eigenvalue weighted by molar-refractivity contribution is 7.85. The number of carbonyl (C=O) groups is 3. The molecule has 1 aromatic carbocycles. The minimum absolute atomic E-state index is 0.0267. The molecule has 0 spiro atoms. The summed E-state index contributed by atoms with van der Waals surface area (Å²) in [5, 5.41) is 3.68. The third-order valence-electron chi connectivity index (χ3n) is 6.93. The van der Waals surface area contributed by atoms with Gasteiger partial charge in [0, 0.05) is 44.2 Å². The van der Waals surface area contributed by atoms with Crippen molar-refractivity contribution >= 4 is 55.3 Å². The highest BCUT2D eigenvalue weighted by Gasteiger charge is 2.26. The number of benzene rings is 1. The van der Waals surface area contributed by atoms with E-state index in [1.54, 1.807) is 0 Å². The monoisotopic (exact) mass is 603 g/mol. The smallest absolute Gasteiger partial charge is 0.265 e. The van der Waals surface area contributed by atoms with E-state index < -0.39 is 27.7 Å². The number of anilines is 1. The van der Waals surface area contributed by atoms with Crippen LogP contribution in [0.2, 0.25) is 0 Å². The molecule has 3 aromatic rings. The first kappa shape index (κ1) is 33.1. The summed E-state index contributed by atoms with van der Waals surface area (Å²) in [7, 11) is -4.48. The molecule has 42 heavy (non-hydrogen) atoms. The Morgan fingerprint density at radius 1 is 1.10 bits per heavy atom. The maximum atomic E-state index is 12.8. The predicted octanol–water partition coefficient (Wildman–Crippen LogP) is 3.25. The standard InChI is InChI=1S/C29H41N5O7S/c1-3-4-11-25-33-26-27(23-9-5-6-10-24(23)32-28(26)30)34(25)15-8-7-14-31-29(37)21(19-42(38,39)40)18-22(36)13-17-41-16-12-20(2)35/h5-6,9-10,21H,3-4,7-8,11-19H2,1-2H3,(H2,30,32)(H,31,37)(H,38,39,40). The molecule has 0 radical (unpaired) electrons. The number of ether oxygens (including phenoxy) is 1. The number of nitrogens with one attached hydrogen (secondary N) is 1. The average Bonchev–Trinajstić information content (AvgIpc) is 3.29. The SMILES string of the molecule is CCCCc1nc2c(N)nc3ccccc3c2n1CCCCNC(=O)C(CC(=O)CCOCCC(C)=O)CS(=O)(=O)O. The topological polar surface area (TPSA) is 184 Å². The number of unbranched alkanes of at least 4 members (excludes halogenated alkanes) is 2. The highest BCUT2D eigenvalue weighted by atomic mass is 32.2. The summed E-state index contributed by atoms with van der Waals surface area (Å²) in [6.07, 6.45) is 3.94. The largest absolute Gasteiger partial charge is 0.382 e. The van der Waals surface area contributed by atoms with E-state index >= 15 is 0 Å². The third kappa shape index (κ3) is 9.85. The van der Waals surface area contributed by atoms with Gasteiger partial charge in [0.2, 0.25) is 5.91 Å². The van der Waals surface area contributed by atoms with E-state index in [0.717, 1.165) is 41.5 Å². The number of rotatable bonds is 19. The van der Waals surface area contributed by atoms with Gasteiger partial charge in [-0.25, -0.2) is 9.97 Å². The van der Waals surface area contributed by atoms with E-state index in [1.165, 1.54) is 6.92 Å². The molecule has 1 unspecified atom stereocenters. The van der Waals surface area contributed by atoms with Gasteiger partial charge in [-0.1, -0.05) is 31.5 Å². The predicted molar refractivity (Wildman–Crippen MR) is 161 cm³/mol. The van der Waals surface area contributed by atoms with Gasteiger partial charge in [-0.3, -0.25) is 18.9 Å². The van der Waals surface area contributed by atoms with Gasteiger partial charge in [0.25, 0.3) is 10.1 Å². The first-order chi connectivity index (χ1) is 20.0. The second-order valence-corrected chi connectivity index (χ2v) is 12.0. The van der Waals surface area contributed by atoms with Crippen molar-refractivity contribution in [3.63, 3.8) is 0 Å². The number of Topliss-reactive ketones (excluding diaryl/α,β-unsaturated/α-hetero) is 2. The summed E-state index contributed by atoms with van der Waals surface area (Å²) in [5.41, 5.74) is 8.67. The number of para-hydroxylation sites is 1. The number of amides is 1. The van der Waals surface area contributed by atoms with Crippen molar-refractivity contribution in [1.29, 1.82) is 0 Å². The van der Waals surface area contributed by atoms with E-state index in [-0.39, 0.29) is 50.6 Å². The zero-order valence-corrected chi connectivity index (χ0v) is 25.1. The van der Waals surface area contributed by atoms with Crippen LogP contribution in [-0.2, 0) is 42.2 Å². The Kier molecular flexibility index (Phi) is 12.4. The summed E-state index contributed by atoms with van der Waals surface area (Å²) in [5.74, 6) is -1.76. The van der Waals surface area contributed by atoms with Crippen molar-refractivity contribution in [2.45, 2.75) is 71.8 Å². The lowest BCUT2D eigenvalue weighted by atomic mass is 10.0. The molecule has 2 aromatic heterocycles. The van der Waals surface area contributed by atoms with Crippen LogP contribution in [0.5, 0.6) is 0 Å². The van der Waals surface area contributed by atoms with Crippen molar-refractivity contribution in [2.24, 2.45) is 5.92 Å². The normalized spacial score (nSPS) is 12.5. The summed E-state index contributed by atoms with van der Waals surface area (Å²) in [6, 6.07) is 7.78. The number of nitrogen functional groups attached to an aromatic ring is 1. The van der Waals surface area contributed by atoms with E-state index in [4.69, 9.17) is 15.5 Å². The number of fused-ring (bicyclic) bond motifs is 3. The van der Waals surface area contributed by atoms with Gasteiger partial charge in [-0.15, -0.1) is 0 Å². The van der Waals surface area contributed by atoms with Crippen LogP contribution < -0.4 is 11.1 Å². The number of carbonyl (C=O) groups excluding carboxylic acids is 3. The van der Waals surface area contributed by atoms with Gasteiger partial charge >= 0.3 is 0 Å². The van der Waals surface area contributed by atoms with Gasteiger partial charge in [-0.2, -0.15) is 8.42 Å². The van der Waals surface area contributed by atoms with E-state index in [0.29, 0.717) is 30.7 Å². The van der Waals surface area contributed by atoms with Crippen LogP contribution in [0.3, 0.4) is 0 Å². The van der Waals surface area contributed by atoms with E-state index in [9.17, 15) is 27.4 Å². The van der Waals surface area contributed by atoms with Crippen LogP contribution in [0.4, 0.5) is 5.82 Å². The molecule has 0 fully saturated rings. The fourth-order valence-electron chi connectivity index (χ4n) is 4.78. The molecule has 0 bridgehead atoms. The van der Waals surface area contributed by atoms with Crippen LogP contribution in [-0.4, -0.2) is 70.5 Å². The van der Waals surface area contributed by atoms with E-state index in [1.807, 2.05) is 24.3 Å². The Balaban J connectivity index is 1.60. The molecule has 0 saturated carbocycles. The van der Waals surface area contributed by atoms with Crippen LogP contribution in [0, 0.1) is 5.92 Å². The fraction of sp³-hybridized carbons (Fsp3) is 0.552. The molecule has 1 amide bonds. The Labute approximate surface area is 246 Å². The van der Waals surface area contributed by atoms with Crippen LogP contribution in [0.25, 0.3) is 21.9 Å². The zero-order chi connectivity index (χ0) is 30.7. The molecule has 0 saturated heterocycles. The minimum Gasteiger partial charge on any atom is -0.382 e. The molecule has 4 N–H and O–H groups in total. The van der Waals surface area contributed by atoms with Gasteiger partial charge in [-0.05, 0) is 32.3 Å². The number of aromatic nitrogens is 3. The van der Waals surface area contributed by atoms with Gasteiger partial charge in [0.15, 0.2) is 5.82 Å². The molecule has 0 aliphatic carbocycles. The molecule has 13 heteroatoms. The lowest BCUT2D eigenvalue weighted by molar-refractivity contribution is -0.129. The average molecular weight is 604 g/mol. The van der Waals surface area contributed by atoms with Gasteiger partial charge < -0.3 is 20.4 Å². The first-order valence-corrected chi connectivity index (χ1v) is 16.0. The first-order valence-electron chi connectivity index (χ1n) is 14.3. The second kappa shape index (κ2) is 15.7. The van der Waals surface area contributed by atoms with Crippen molar-refractivity contribution < 1.29 is 32.1 Å². The summed E-state index contributed by atoms with van der Waals surface area (Å²) in [4.78, 5) is 45.4. The maximum Gasteiger partial charge on any atom is 0.265 e. The Bertz CT molecular complexity index is 1500. The molecular weight excluding hydrogens is 562 g/mol. The van der Waals surface area contributed by atoms with Crippen LogP contribution >= 0.6 is 0 Å². The summed E-state index contributed by atoms with van der Waals surface area (Å²) < 4.78 is 39.8. The minimum atomic E-state index is -4.48. The summed E-state index contributed by atoms with van der Waals surface area (Å²) >= 11 is 0. The van der Waals surface area contributed by atoms with Crippen molar-refractivity contribution in [2.75, 3.05) is 31.2 Å². The number of pyridine rings is 1. The Morgan fingerprint density at radius 3 is 2.55 bits per heavy atom. The molecule has 0 aliphatic rings. The number of nitrogens with two attached hydrogens (primary N) is 1. The molecule has 1 atom stereocenters. The molecule has 3 rings (SSSR count). The highest BCUT2D eigenvalue weighted by Crippen LogP contribution is 2.29. The lowest BCUT2D eigenvalue weighted by Crippen LogP contribution is -2.36. The molecule has 0 aliphatic heterocycles. The number of hydrogen-bond acceptors (Lipinski definition) is 9. The Morgan fingerprint density at radius 2 is 1.83 bits per heavy atom. The van der Waals surface area contributed by atoms with Gasteiger partial charge in [0.05, 0.1) is 35.9 Å². The number of aryl methyl sites for hydroxylation is 2. The Hall–Kier alpha value is -3.42. The number of ketones is 2. The van der Waals surface area contributed by atoms with Crippen LogP contribution in [0.15, 0.2) is 24.3 Å². The third-order valence-corrected chi connectivity index (χ3v) is 7.75. The number of nitrogens with zero attached hydrogens (tertiary/aromatic N) is 3. The van der Waals surface area contributed by atoms with Gasteiger partial charge in [0.1, 0.15) is 22.9 Å². The van der Waals surface area contributed by atoms with Crippen molar-refractivity contribution in [3.05, 3.63) is 30.1 Å². The van der Waals surface area contributed by atoms with E-state index in [2.05, 4.69) is 21.8 Å². The number of imidazole rings is 1. The second-order valence-electron chi connectivity index (χ2n) is 10.5. The molecular formula is C29H41N5O7S. The number of hydrogen-bond donors (Lipinski definition) is 3. The fourth-order valence-corrected chi connectivity index (χ4v) is 5.56. The maximum absolute atomic E-state index is 12.8. The lowest BCUT2D eigenvalue weighted by Gasteiger charge is -2.15. The van der Waals surface area contributed by atoms with Crippen molar-refractivity contribution in [3.8, 4) is 0 Å². The summed E-state index contributed by atoms with van der Waals surface area (Å²) in [6.45, 7) is 4.71. The zero-order valence-electron chi connectivity index (χ0n) is 24.3. The molecule has 12 nitrogen and oxygen atoms in total. The molecule has 2 heterocycles.